The standard InChI is InChI=1S/C34H33F2N7O7S/c1-19(2)42-18-26(33(46)43(34(42)47)24-9-6-22(35)7-10-24)32(45)39-23-8-11-28(27(36)15-23)50-25-13-14-37-30(16-25)40-29-12-5-21(17-38-29)31(44)41-51(48,49)20(3)4/h5-17,19-20,26H,18H2,1-4H3,(H,39,45)(H,41,44)(H,37,38,40). The van der Waals surface area contributed by atoms with Crippen LogP contribution >= 0.6 is 0 Å². The zero-order valence-electron chi connectivity index (χ0n) is 27.8. The Bertz CT molecular complexity index is 2080. The summed E-state index contributed by atoms with van der Waals surface area (Å²) in [7, 11) is -3.82. The van der Waals surface area contributed by atoms with Crippen molar-refractivity contribution in [3.63, 3.8) is 0 Å². The van der Waals surface area contributed by atoms with Crippen molar-refractivity contribution in [1.82, 2.24) is 19.6 Å². The van der Waals surface area contributed by atoms with Crippen molar-refractivity contribution < 1.29 is 41.1 Å². The predicted octanol–water partition coefficient (Wildman–Crippen LogP) is 5.19. The summed E-state index contributed by atoms with van der Waals surface area (Å²) < 4.78 is 60.3. The summed E-state index contributed by atoms with van der Waals surface area (Å²) in [5.74, 6) is -4.62. The molecule has 14 nitrogen and oxygen atoms in total. The third kappa shape index (κ3) is 8.43. The van der Waals surface area contributed by atoms with Gasteiger partial charge in [0.1, 0.15) is 29.1 Å². The molecule has 17 heteroatoms. The van der Waals surface area contributed by atoms with E-state index in [1.807, 2.05) is 4.72 Å². The number of ether oxygens (including phenoxy) is 1. The van der Waals surface area contributed by atoms with E-state index in [2.05, 4.69) is 20.6 Å². The second-order valence-corrected chi connectivity index (χ2v) is 14.2. The molecule has 1 aliphatic heterocycles. The minimum atomic E-state index is -3.82. The molecule has 2 aromatic heterocycles. The molecule has 0 radical (unpaired) electrons. The fourth-order valence-electron chi connectivity index (χ4n) is 4.79. The topological polar surface area (TPSA) is 180 Å². The highest BCUT2D eigenvalue weighted by atomic mass is 32.2. The molecule has 1 saturated heterocycles. The van der Waals surface area contributed by atoms with E-state index in [1.54, 1.807) is 13.8 Å². The van der Waals surface area contributed by atoms with Gasteiger partial charge in [-0.3, -0.25) is 14.4 Å². The first-order valence-electron chi connectivity index (χ1n) is 15.6. The monoisotopic (exact) mass is 721 g/mol. The molecule has 1 aliphatic rings. The first-order valence-corrected chi connectivity index (χ1v) is 17.1. The van der Waals surface area contributed by atoms with Crippen LogP contribution in [0.25, 0.3) is 0 Å². The van der Waals surface area contributed by atoms with Crippen LogP contribution < -0.4 is 25.0 Å². The minimum Gasteiger partial charge on any atom is -0.454 e. The SMILES string of the molecule is CC(C)N1CC(C(=O)Nc2ccc(Oc3ccnc(Nc4ccc(C(=O)NS(=O)(=O)C(C)C)cn4)c3)c(F)c2)C(=O)N(c2ccc(F)cc2)C1=O. The van der Waals surface area contributed by atoms with Gasteiger partial charge in [0.05, 0.1) is 16.5 Å². The molecule has 5 amide bonds. The maximum atomic E-state index is 15.2. The Hall–Kier alpha value is -5.97. The predicted molar refractivity (Wildman–Crippen MR) is 183 cm³/mol. The lowest BCUT2D eigenvalue weighted by atomic mass is 10.0. The Morgan fingerprint density at radius 2 is 1.65 bits per heavy atom. The van der Waals surface area contributed by atoms with Crippen LogP contribution in [0.5, 0.6) is 11.5 Å². The molecule has 1 fully saturated rings. The molecular formula is C34H33F2N7O7S. The highest BCUT2D eigenvalue weighted by molar-refractivity contribution is 7.90. The van der Waals surface area contributed by atoms with Crippen molar-refractivity contribution in [3.05, 3.63) is 96.3 Å². The minimum absolute atomic E-state index is 0.0230. The summed E-state index contributed by atoms with van der Waals surface area (Å²) in [5.41, 5.74) is 0.155. The number of halogens is 2. The van der Waals surface area contributed by atoms with Gasteiger partial charge in [-0.2, -0.15) is 0 Å². The number of pyridine rings is 2. The number of carbonyl (C=O) groups is 4. The molecule has 0 bridgehead atoms. The quantitative estimate of drug-likeness (QED) is 0.175. The van der Waals surface area contributed by atoms with Crippen molar-refractivity contribution in [3.8, 4) is 11.5 Å². The van der Waals surface area contributed by atoms with Crippen molar-refractivity contribution in [1.29, 1.82) is 0 Å². The Kier molecular flexibility index (Phi) is 10.6. The summed E-state index contributed by atoms with van der Waals surface area (Å²) in [6.45, 7) is 6.12. The molecule has 51 heavy (non-hydrogen) atoms. The van der Waals surface area contributed by atoms with Crippen LogP contribution in [0.2, 0.25) is 0 Å². The van der Waals surface area contributed by atoms with Crippen LogP contribution in [0, 0.1) is 17.6 Å². The number of benzene rings is 2. The Morgan fingerprint density at radius 3 is 2.27 bits per heavy atom. The van der Waals surface area contributed by atoms with Crippen LogP contribution in [0.15, 0.2) is 79.1 Å². The van der Waals surface area contributed by atoms with E-state index in [-0.39, 0.29) is 52.7 Å². The number of anilines is 4. The van der Waals surface area contributed by atoms with Gasteiger partial charge in [-0.25, -0.2) is 41.6 Å². The lowest BCUT2D eigenvalue weighted by Crippen LogP contribution is -2.61. The third-order valence-corrected chi connectivity index (χ3v) is 9.37. The number of urea groups is 1. The van der Waals surface area contributed by atoms with Gasteiger partial charge >= 0.3 is 6.03 Å². The molecule has 3 heterocycles. The number of imide groups is 1. The molecule has 4 aromatic rings. The Labute approximate surface area is 291 Å². The van der Waals surface area contributed by atoms with Gasteiger partial charge in [0.15, 0.2) is 11.6 Å². The molecular weight excluding hydrogens is 688 g/mol. The number of sulfonamides is 1. The van der Waals surface area contributed by atoms with E-state index >= 15 is 4.39 Å². The smallest absolute Gasteiger partial charge is 0.331 e. The van der Waals surface area contributed by atoms with Gasteiger partial charge in [-0.1, -0.05) is 0 Å². The zero-order chi connectivity index (χ0) is 37.0. The molecule has 5 rings (SSSR count). The number of rotatable bonds is 11. The van der Waals surface area contributed by atoms with Gasteiger partial charge in [0.2, 0.25) is 21.8 Å². The fourth-order valence-corrected chi connectivity index (χ4v) is 5.40. The number of hydrogen-bond donors (Lipinski definition) is 3. The van der Waals surface area contributed by atoms with E-state index in [0.717, 1.165) is 23.1 Å². The molecule has 0 aliphatic carbocycles. The largest absolute Gasteiger partial charge is 0.454 e. The van der Waals surface area contributed by atoms with E-state index in [4.69, 9.17) is 4.74 Å². The molecule has 266 valence electrons. The number of amides is 5. The number of hydrogen-bond acceptors (Lipinski definition) is 10. The Balaban J connectivity index is 1.24. The first kappa shape index (κ1) is 36.3. The highest BCUT2D eigenvalue weighted by Crippen LogP contribution is 2.30. The lowest BCUT2D eigenvalue weighted by Gasteiger charge is -2.39. The zero-order valence-corrected chi connectivity index (χ0v) is 28.6. The van der Waals surface area contributed by atoms with Gasteiger partial charge in [-0.05, 0) is 82.3 Å². The average molecular weight is 722 g/mol. The number of nitrogens with zero attached hydrogens (tertiary/aromatic N) is 4. The maximum absolute atomic E-state index is 15.2. The van der Waals surface area contributed by atoms with Crippen LogP contribution in [0.1, 0.15) is 38.1 Å². The Morgan fingerprint density at radius 1 is 0.922 bits per heavy atom. The molecule has 1 atom stereocenters. The van der Waals surface area contributed by atoms with Gasteiger partial charge in [0, 0.05) is 42.8 Å². The van der Waals surface area contributed by atoms with Gasteiger partial charge in [-0.15, -0.1) is 0 Å². The summed E-state index contributed by atoms with van der Waals surface area (Å²) in [4.78, 5) is 62.6. The van der Waals surface area contributed by atoms with Crippen LogP contribution in [-0.2, 0) is 19.6 Å². The fraction of sp³-hybridized carbons (Fsp3) is 0.235. The summed E-state index contributed by atoms with van der Waals surface area (Å²) in [6.07, 6.45) is 2.58. The second kappa shape index (κ2) is 14.9. The van der Waals surface area contributed by atoms with E-state index in [9.17, 15) is 32.0 Å². The lowest BCUT2D eigenvalue weighted by molar-refractivity contribution is -0.132. The molecule has 0 spiro atoms. The van der Waals surface area contributed by atoms with Gasteiger partial charge in [0.25, 0.3) is 5.91 Å². The molecule has 1 unspecified atom stereocenters. The van der Waals surface area contributed by atoms with Crippen molar-refractivity contribution >= 4 is 56.8 Å². The highest BCUT2D eigenvalue weighted by Gasteiger charge is 2.44. The molecule has 3 N–H and O–H groups in total. The second-order valence-electron chi connectivity index (χ2n) is 11.9. The van der Waals surface area contributed by atoms with Crippen LogP contribution in [0.3, 0.4) is 0 Å². The third-order valence-electron chi connectivity index (χ3n) is 7.66. The molecule has 0 saturated carbocycles. The average Bonchev–Trinajstić information content (AvgIpc) is 3.07. The van der Waals surface area contributed by atoms with Gasteiger partial charge < -0.3 is 20.3 Å². The van der Waals surface area contributed by atoms with Crippen molar-refractivity contribution in [2.75, 3.05) is 22.1 Å². The normalized spacial score (nSPS) is 14.9. The van der Waals surface area contributed by atoms with Crippen LogP contribution in [0.4, 0.5) is 36.6 Å². The van der Waals surface area contributed by atoms with E-state index in [1.165, 1.54) is 79.7 Å². The van der Waals surface area contributed by atoms with Crippen molar-refractivity contribution in [2.45, 2.75) is 39.0 Å². The van der Waals surface area contributed by atoms with E-state index in [0.29, 0.717) is 0 Å². The molecule has 2 aromatic carbocycles. The number of carbonyl (C=O) groups excluding carboxylic acids is 4. The summed E-state index contributed by atoms with van der Waals surface area (Å²) in [6, 6.07) is 13.1. The number of aromatic nitrogens is 2. The summed E-state index contributed by atoms with van der Waals surface area (Å²) in [5, 5.41) is 4.64. The van der Waals surface area contributed by atoms with Crippen LogP contribution in [-0.4, -0.2) is 64.9 Å². The summed E-state index contributed by atoms with van der Waals surface area (Å²) >= 11 is 0. The first-order chi connectivity index (χ1) is 24.1. The van der Waals surface area contributed by atoms with E-state index < -0.39 is 56.6 Å². The number of nitrogens with one attached hydrogen (secondary N) is 3. The van der Waals surface area contributed by atoms with Crippen molar-refractivity contribution in [2.24, 2.45) is 5.92 Å². The maximum Gasteiger partial charge on any atom is 0.331 e.